The minimum Gasteiger partial charge on any atom is -0.493 e. The number of benzene rings is 2. The van der Waals surface area contributed by atoms with Crippen molar-refractivity contribution >= 4 is 41.3 Å². The molecule has 236 valence electrons. The molecule has 1 saturated heterocycles. The Morgan fingerprint density at radius 1 is 0.705 bits per heavy atom. The number of rotatable bonds is 11. The van der Waals surface area contributed by atoms with Gasteiger partial charge in [-0.3, -0.25) is 28.8 Å². The number of amides is 1. The number of anilines is 1. The highest BCUT2D eigenvalue weighted by atomic mass is 16.7. The summed E-state index contributed by atoms with van der Waals surface area (Å²) in [5, 5.41) is 2.72. The van der Waals surface area contributed by atoms with E-state index >= 15 is 0 Å². The van der Waals surface area contributed by atoms with E-state index in [1.807, 2.05) is 0 Å². The average Bonchev–Trinajstić information content (AvgIpc) is 2.94. The van der Waals surface area contributed by atoms with Crippen molar-refractivity contribution in [3.63, 3.8) is 0 Å². The van der Waals surface area contributed by atoms with E-state index in [1.165, 1.54) is 32.2 Å². The van der Waals surface area contributed by atoms with Gasteiger partial charge in [0.05, 0.1) is 7.11 Å². The number of carbonyl (C=O) groups is 6. The second-order valence-electron chi connectivity index (χ2n) is 9.64. The second-order valence-corrected chi connectivity index (χ2v) is 9.64. The maximum absolute atomic E-state index is 12.9. The number of hydrogen-bond donors (Lipinski definition) is 1. The highest BCUT2D eigenvalue weighted by Gasteiger charge is 2.53. The van der Waals surface area contributed by atoms with Gasteiger partial charge in [0.15, 0.2) is 29.5 Å². The summed E-state index contributed by atoms with van der Waals surface area (Å²) < 4.78 is 38.6. The van der Waals surface area contributed by atoms with Gasteiger partial charge in [-0.1, -0.05) is 0 Å². The Balaban J connectivity index is 1.93. The van der Waals surface area contributed by atoms with Crippen LogP contribution in [0.5, 0.6) is 11.5 Å². The smallest absolute Gasteiger partial charge is 0.303 e. The quantitative estimate of drug-likeness (QED) is 0.222. The maximum atomic E-state index is 12.9. The van der Waals surface area contributed by atoms with Crippen molar-refractivity contribution in [1.29, 1.82) is 0 Å². The van der Waals surface area contributed by atoms with Crippen LogP contribution in [0.3, 0.4) is 0 Å². The van der Waals surface area contributed by atoms with E-state index < -0.39 is 67.1 Å². The Kier molecular flexibility index (Phi) is 11.4. The number of hydrogen-bond acceptors (Lipinski definition) is 13. The zero-order chi connectivity index (χ0) is 32.6. The molecule has 14 heteroatoms. The Morgan fingerprint density at radius 3 is 1.82 bits per heavy atom. The van der Waals surface area contributed by atoms with Crippen LogP contribution in [0.15, 0.2) is 42.5 Å². The summed E-state index contributed by atoms with van der Waals surface area (Å²) in [5.74, 6) is -3.50. The van der Waals surface area contributed by atoms with Crippen LogP contribution in [0.1, 0.15) is 55.3 Å². The first-order valence-corrected chi connectivity index (χ1v) is 13.4. The van der Waals surface area contributed by atoms with E-state index in [-0.39, 0.29) is 22.8 Å². The van der Waals surface area contributed by atoms with Gasteiger partial charge in [-0.2, -0.15) is 0 Å². The molecule has 1 aliphatic rings. The molecular weight excluding hydrogens is 582 g/mol. The Morgan fingerprint density at radius 2 is 1.27 bits per heavy atom. The zero-order valence-electron chi connectivity index (χ0n) is 24.9. The predicted molar refractivity (Wildman–Crippen MR) is 150 cm³/mol. The fourth-order valence-corrected chi connectivity index (χ4v) is 4.31. The predicted octanol–water partition coefficient (Wildman–Crippen LogP) is 2.61. The van der Waals surface area contributed by atoms with Crippen LogP contribution in [-0.2, 0) is 42.9 Å². The lowest BCUT2D eigenvalue weighted by Crippen LogP contribution is -2.63. The molecule has 0 bridgehead atoms. The normalized spacial score (nSPS) is 20.8. The van der Waals surface area contributed by atoms with Crippen molar-refractivity contribution in [2.45, 2.75) is 65.3 Å². The van der Waals surface area contributed by atoms with E-state index in [0.717, 1.165) is 27.7 Å². The Bertz CT molecular complexity index is 1400. The third kappa shape index (κ3) is 9.01. The van der Waals surface area contributed by atoms with Crippen molar-refractivity contribution in [1.82, 2.24) is 0 Å². The fourth-order valence-electron chi connectivity index (χ4n) is 4.31. The highest BCUT2D eigenvalue weighted by molar-refractivity contribution is 6.05. The van der Waals surface area contributed by atoms with Crippen molar-refractivity contribution in [2.24, 2.45) is 0 Å². The summed E-state index contributed by atoms with van der Waals surface area (Å²) in [6.07, 6.45) is -6.94. The van der Waals surface area contributed by atoms with Gasteiger partial charge in [-0.25, -0.2) is 0 Å². The van der Waals surface area contributed by atoms with E-state index in [9.17, 15) is 28.8 Å². The third-order valence-electron chi connectivity index (χ3n) is 6.17. The van der Waals surface area contributed by atoms with Gasteiger partial charge < -0.3 is 38.5 Å². The number of methoxy groups -OCH3 is 1. The first kappa shape index (κ1) is 33.5. The zero-order valence-corrected chi connectivity index (χ0v) is 24.9. The summed E-state index contributed by atoms with van der Waals surface area (Å²) in [4.78, 5) is 72.0. The standard InChI is InChI=1S/C30H33NO13/c1-15(32)20-7-10-22(11-8-20)31-29(37)21-9-12-23(24(13-21)38-6)43-30-28(42-19(5)36)27(41-18(4)35)26(40-17(3)34)25(44-30)14-39-16(2)33/h7-13,25-28,30H,14H2,1-6H3,(H,31,37)/t25-,26+,27+,28+,30-/m0/s1. The fraction of sp³-hybridized carbons (Fsp3) is 0.400. The lowest BCUT2D eigenvalue weighted by molar-refractivity contribution is -0.288. The van der Waals surface area contributed by atoms with Crippen molar-refractivity contribution in [2.75, 3.05) is 19.0 Å². The summed E-state index contributed by atoms with van der Waals surface area (Å²) in [6, 6.07) is 10.6. The molecule has 3 rings (SSSR count). The van der Waals surface area contributed by atoms with Crippen molar-refractivity contribution < 1.29 is 61.9 Å². The monoisotopic (exact) mass is 615 g/mol. The van der Waals surface area contributed by atoms with Crippen LogP contribution in [0, 0.1) is 0 Å². The molecule has 44 heavy (non-hydrogen) atoms. The number of ketones is 1. The molecule has 1 amide bonds. The minimum absolute atomic E-state index is 0.0377. The minimum atomic E-state index is -1.50. The molecule has 0 spiro atoms. The molecule has 0 aliphatic carbocycles. The maximum Gasteiger partial charge on any atom is 0.303 e. The van der Waals surface area contributed by atoms with Gasteiger partial charge in [0, 0.05) is 44.5 Å². The molecule has 2 aromatic carbocycles. The highest BCUT2D eigenvalue weighted by Crippen LogP contribution is 2.35. The lowest BCUT2D eigenvalue weighted by atomic mass is 9.98. The van der Waals surface area contributed by atoms with Crippen LogP contribution in [0.25, 0.3) is 0 Å². The van der Waals surface area contributed by atoms with Crippen LogP contribution in [0.4, 0.5) is 5.69 Å². The molecule has 2 aromatic rings. The first-order valence-electron chi connectivity index (χ1n) is 13.4. The second kappa shape index (κ2) is 15.0. The van der Waals surface area contributed by atoms with Gasteiger partial charge in [-0.05, 0) is 49.4 Å². The summed E-state index contributed by atoms with van der Waals surface area (Å²) >= 11 is 0. The molecular formula is C30H33NO13. The van der Waals surface area contributed by atoms with Gasteiger partial charge in [0.1, 0.15) is 12.7 Å². The topological polar surface area (TPSA) is 179 Å². The van der Waals surface area contributed by atoms with E-state index in [4.69, 9.17) is 33.2 Å². The Labute approximate surface area is 252 Å². The molecule has 14 nitrogen and oxygen atoms in total. The lowest BCUT2D eigenvalue weighted by Gasteiger charge is -2.44. The van der Waals surface area contributed by atoms with Crippen LogP contribution in [0.2, 0.25) is 0 Å². The first-order chi connectivity index (χ1) is 20.8. The molecule has 1 aliphatic heterocycles. The van der Waals surface area contributed by atoms with Crippen molar-refractivity contribution in [3.05, 3.63) is 53.6 Å². The van der Waals surface area contributed by atoms with Gasteiger partial charge in [-0.15, -0.1) is 0 Å². The van der Waals surface area contributed by atoms with Crippen LogP contribution in [-0.4, -0.2) is 80.0 Å². The van der Waals surface area contributed by atoms with Crippen LogP contribution < -0.4 is 14.8 Å². The molecule has 1 fully saturated rings. The molecule has 0 saturated carbocycles. The molecule has 0 aromatic heterocycles. The number of ether oxygens (including phenoxy) is 7. The number of carbonyl (C=O) groups excluding carboxylic acids is 6. The number of nitrogens with one attached hydrogen (secondary N) is 1. The molecule has 0 unspecified atom stereocenters. The Hall–Kier alpha value is -4.98. The largest absolute Gasteiger partial charge is 0.493 e. The van der Waals surface area contributed by atoms with Gasteiger partial charge in [0.2, 0.25) is 12.4 Å². The number of Topliss-reactive ketones (excluding diaryl/α,β-unsaturated/α-hetero) is 1. The van der Waals surface area contributed by atoms with Gasteiger partial charge >= 0.3 is 23.9 Å². The average molecular weight is 616 g/mol. The van der Waals surface area contributed by atoms with E-state index in [2.05, 4.69) is 5.32 Å². The van der Waals surface area contributed by atoms with E-state index in [0.29, 0.717) is 11.3 Å². The van der Waals surface area contributed by atoms with Crippen LogP contribution >= 0.6 is 0 Å². The summed E-state index contributed by atoms with van der Waals surface area (Å²) in [7, 11) is 1.33. The van der Waals surface area contributed by atoms with Gasteiger partial charge in [0.25, 0.3) is 5.91 Å². The SMILES string of the molecule is COc1cc(C(=O)Nc2ccc(C(C)=O)cc2)ccc1O[C@H]1O[C@@H](COC(C)=O)[C@@H](OC(C)=O)[C@@H](OC(C)=O)[C@H]1OC(C)=O. The summed E-state index contributed by atoms with van der Waals surface area (Å²) in [5.41, 5.74) is 1.14. The molecule has 5 atom stereocenters. The summed E-state index contributed by atoms with van der Waals surface area (Å²) in [6.45, 7) is 5.49. The number of esters is 4. The van der Waals surface area contributed by atoms with Crippen molar-refractivity contribution in [3.8, 4) is 11.5 Å². The molecule has 1 heterocycles. The molecule has 1 N–H and O–H groups in total. The van der Waals surface area contributed by atoms with E-state index in [1.54, 1.807) is 24.3 Å². The molecule has 0 radical (unpaired) electrons. The third-order valence-corrected chi connectivity index (χ3v) is 6.17.